The molecule has 2 aromatic rings. The van der Waals surface area contributed by atoms with Gasteiger partial charge in [0, 0.05) is 38.5 Å². The summed E-state index contributed by atoms with van der Waals surface area (Å²) in [6, 6.07) is 17.6. The van der Waals surface area contributed by atoms with Crippen LogP contribution in [0.1, 0.15) is 24.5 Å². The van der Waals surface area contributed by atoms with Gasteiger partial charge in [0.2, 0.25) is 11.8 Å². The first-order valence-corrected chi connectivity index (χ1v) is 8.78. The Labute approximate surface area is 155 Å². The smallest absolute Gasteiger partial charge is 0.222 e. The second-order valence-electron chi connectivity index (χ2n) is 6.08. The van der Waals surface area contributed by atoms with Crippen molar-refractivity contribution in [1.82, 2.24) is 10.2 Å². The number of nitrogens with one attached hydrogen (secondary N) is 1. The van der Waals surface area contributed by atoms with E-state index in [1.54, 1.807) is 12.0 Å². The number of benzene rings is 2. The van der Waals surface area contributed by atoms with Gasteiger partial charge in [-0.2, -0.15) is 0 Å². The third-order valence-corrected chi connectivity index (χ3v) is 4.24. The maximum atomic E-state index is 12.1. The van der Waals surface area contributed by atoms with Crippen molar-refractivity contribution in [3.05, 3.63) is 65.7 Å². The van der Waals surface area contributed by atoms with E-state index in [0.717, 1.165) is 17.7 Å². The fourth-order valence-electron chi connectivity index (χ4n) is 2.70. The maximum Gasteiger partial charge on any atom is 0.222 e. The third-order valence-electron chi connectivity index (χ3n) is 4.24. The summed E-state index contributed by atoms with van der Waals surface area (Å²) in [7, 11) is 1.61. The third kappa shape index (κ3) is 6.24. The molecule has 0 fully saturated rings. The number of carbonyl (C=O) groups excluding carboxylic acids is 2. The first-order valence-electron chi connectivity index (χ1n) is 8.78. The minimum atomic E-state index is -0.0816. The van der Waals surface area contributed by atoms with E-state index in [-0.39, 0.29) is 18.2 Å². The van der Waals surface area contributed by atoms with E-state index >= 15 is 0 Å². The van der Waals surface area contributed by atoms with E-state index in [1.165, 1.54) is 12.5 Å². The van der Waals surface area contributed by atoms with Gasteiger partial charge in [0.05, 0.1) is 7.11 Å². The second kappa shape index (κ2) is 10.2. The lowest BCUT2D eigenvalue weighted by Crippen LogP contribution is -2.35. The van der Waals surface area contributed by atoms with E-state index in [9.17, 15) is 9.59 Å². The van der Waals surface area contributed by atoms with Gasteiger partial charge in [-0.05, 0) is 18.1 Å². The molecule has 0 radical (unpaired) electrons. The van der Waals surface area contributed by atoms with Crippen LogP contribution in [0.5, 0.6) is 5.75 Å². The number of methoxy groups -OCH3 is 1. The number of carbonyl (C=O) groups is 2. The Morgan fingerprint density at radius 1 is 1.00 bits per heavy atom. The molecule has 2 aromatic carbocycles. The van der Waals surface area contributed by atoms with Gasteiger partial charge in [0.1, 0.15) is 5.75 Å². The topological polar surface area (TPSA) is 58.6 Å². The number of nitrogens with zero attached hydrogens (tertiary/aromatic N) is 1. The van der Waals surface area contributed by atoms with Crippen molar-refractivity contribution in [2.75, 3.05) is 20.2 Å². The van der Waals surface area contributed by atoms with Crippen molar-refractivity contribution in [1.29, 1.82) is 0 Å². The number of amides is 2. The molecule has 26 heavy (non-hydrogen) atoms. The molecule has 2 amide bonds. The summed E-state index contributed by atoms with van der Waals surface area (Å²) in [5.41, 5.74) is 2.11. The fraction of sp³-hybridized carbons (Fsp3) is 0.333. The Morgan fingerprint density at radius 2 is 1.69 bits per heavy atom. The zero-order chi connectivity index (χ0) is 18.8. The molecule has 138 valence electrons. The van der Waals surface area contributed by atoms with Crippen LogP contribution < -0.4 is 10.1 Å². The largest absolute Gasteiger partial charge is 0.496 e. The van der Waals surface area contributed by atoms with Crippen molar-refractivity contribution in [2.24, 2.45) is 0 Å². The predicted octanol–water partition coefficient (Wildman–Crippen LogP) is 2.79. The molecule has 0 aliphatic carbocycles. The number of hydrogen-bond acceptors (Lipinski definition) is 3. The Morgan fingerprint density at radius 3 is 2.38 bits per heavy atom. The highest BCUT2D eigenvalue weighted by molar-refractivity contribution is 5.78. The molecular weight excluding hydrogens is 328 g/mol. The van der Waals surface area contributed by atoms with E-state index in [2.05, 4.69) is 5.32 Å². The molecule has 5 nitrogen and oxygen atoms in total. The standard InChI is InChI=1S/C21H26N2O3/c1-17(24)23(14-12-18-8-4-3-5-9-18)15-13-21(25)22-16-19-10-6-7-11-20(19)26-2/h3-11H,12-16H2,1-2H3,(H,22,25). The lowest BCUT2D eigenvalue weighted by atomic mass is 10.1. The van der Waals surface area contributed by atoms with Crippen molar-refractivity contribution in [3.63, 3.8) is 0 Å². The van der Waals surface area contributed by atoms with Crippen LogP contribution in [0.2, 0.25) is 0 Å². The average molecular weight is 354 g/mol. The van der Waals surface area contributed by atoms with Gasteiger partial charge in [-0.1, -0.05) is 48.5 Å². The minimum absolute atomic E-state index is 0.0153. The minimum Gasteiger partial charge on any atom is -0.496 e. The molecular formula is C21H26N2O3. The van der Waals surface area contributed by atoms with Gasteiger partial charge in [-0.15, -0.1) is 0 Å². The van der Waals surface area contributed by atoms with Crippen LogP contribution in [0, 0.1) is 0 Å². The zero-order valence-electron chi connectivity index (χ0n) is 15.4. The number of hydrogen-bond donors (Lipinski definition) is 1. The van der Waals surface area contributed by atoms with E-state index < -0.39 is 0 Å². The molecule has 0 aliphatic heterocycles. The molecule has 0 saturated heterocycles. The lowest BCUT2D eigenvalue weighted by molar-refractivity contribution is -0.129. The van der Waals surface area contributed by atoms with E-state index in [4.69, 9.17) is 4.74 Å². The molecule has 0 aromatic heterocycles. The molecule has 0 aliphatic rings. The first kappa shape index (κ1) is 19.5. The van der Waals surface area contributed by atoms with Crippen molar-refractivity contribution in [2.45, 2.75) is 26.3 Å². The molecule has 0 spiro atoms. The molecule has 0 saturated carbocycles. The maximum absolute atomic E-state index is 12.1. The molecule has 1 N–H and O–H groups in total. The molecule has 2 rings (SSSR count). The molecule has 5 heteroatoms. The van der Waals surface area contributed by atoms with Crippen LogP contribution in [0.25, 0.3) is 0 Å². The van der Waals surface area contributed by atoms with Crippen molar-refractivity contribution >= 4 is 11.8 Å². The monoisotopic (exact) mass is 354 g/mol. The van der Waals surface area contributed by atoms with Crippen LogP contribution in [0.3, 0.4) is 0 Å². The summed E-state index contributed by atoms with van der Waals surface area (Å²) in [4.78, 5) is 25.7. The summed E-state index contributed by atoms with van der Waals surface area (Å²) in [5, 5.41) is 2.88. The van der Waals surface area contributed by atoms with E-state index in [1.807, 2.05) is 54.6 Å². The Balaban J connectivity index is 1.78. The van der Waals surface area contributed by atoms with Crippen LogP contribution in [-0.2, 0) is 22.6 Å². The van der Waals surface area contributed by atoms with Crippen LogP contribution in [0.15, 0.2) is 54.6 Å². The van der Waals surface area contributed by atoms with Crippen LogP contribution >= 0.6 is 0 Å². The van der Waals surface area contributed by atoms with Gasteiger partial charge in [0.25, 0.3) is 0 Å². The summed E-state index contributed by atoms with van der Waals surface area (Å²) in [5.74, 6) is 0.654. The predicted molar refractivity (Wildman–Crippen MR) is 102 cm³/mol. The summed E-state index contributed by atoms with van der Waals surface area (Å²) in [6.45, 7) is 2.98. The highest BCUT2D eigenvalue weighted by atomic mass is 16.5. The summed E-state index contributed by atoms with van der Waals surface area (Å²) >= 11 is 0. The number of ether oxygens (including phenoxy) is 1. The Kier molecular flexibility index (Phi) is 7.68. The fourth-order valence-corrected chi connectivity index (χ4v) is 2.70. The normalized spacial score (nSPS) is 10.2. The molecule has 0 bridgehead atoms. The summed E-state index contributed by atoms with van der Waals surface area (Å²) < 4.78 is 5.28. The summed E-state index contributed by atoms with van der Waals surface area (Å²) in [6.07, 6.45) is 1.06. The highest BCUT2D eigenvalue weighted by Crippen LogP contribution is 2.16. The van der Waals surface area contributed by atoms with Gasteiger partial charge < -0.3 is 15.0 Å². The number of rotatable bonds is 9. The molecule has 0 heterocycles. The first-order chi connectivity index (χ1) is 12.6. The van der Waals surface area contributed by atoms with Crippen molar-refractivity contribution < 1.29 is 14.3 Å². The van der Waals surface area contributed by atoms with E-state index in [0.29, 0.717) is 19.6 Å². The average Bonchev–Trinajstić information content (AvgIpc) is 2.67. The molecule has 0 unspecified atom stereocenters. The number of para-hydroxylation sites is 1. The lowest BCUT2D eigenvalue weighted by Gasteiger charge is -2.21. The second-order valence-corrected chi connectivity index (χ2v) is 6.08. The van der Waals surface area contributed by atoms with Crippen molar-refractivity contribution in [3.8, 4) is 5.75 Å². The Hall–Kier alpha value is -2.82. The highest BCUT2D eigenvalue weighted by Gasteiger charge is 2.12. The zero-order valence-corrected chi connectivity index (χ0v) is 15.4. The Bertz CT molecular complexity index is 716. The molecule has 0 atom stereocenters. The van der Waals surface area contributed by atoms with Gasteiger partial charge >= 0.3 is 0 Å². The van der Waals surface area contributed by atoms with Crippen LogP contribution in [-0.4, -0.2) is 36.9 Å². The van der Waals surface area contributed by atoms with Crippen LogP contribution in [0.4, 0.5) is 0 Å². The SMILES string of the molecule is COc1ccccc1CNC(=O)CCN(CCc1ccccc1)C(C)=O. The van der Waals surface area contributed by atoms with Gasteiger partial charge in [-0.25, -0.2) is 0 Å². The quantitative estimate of drug-likeness (QED) is 0.753. The van der Waals surface area contributed by atoms with Gasteiger partial charge in [0.15, 0.2) is 0 Å². The van der Waals surface area contributed by atoms with Gasteiger partial charge in [-0.3, -0.25) is 9.59 Å².